The lowest BCUT2D eigenvalue weighted by Gasteiger charge is -2.18. The van der Waals surface area contributed by atoms with Crippen molar-refractivity contribution in [2.24, 2.45) is 5.92 Å². The molecule has 0 bridgehead atoms. The van der Waals surface area contributed by atoms with E-state index in [9.17, 15) is 5.11 Å². The fourth-order valence-electron chi connectivity index (χ4n) is 1.94. The highest BCUT2D eigenvalue weighted by atomic mass is 16.3. The van der Waals surface area contributed by atoms with Crippen LogP contribution in [0.25, 0.3) is 0 Å². The Hall–Kier alpha value is -1.37. The average Bonchev–Trinajstić information content (AvgIpc) is 2.35. The van der Waals surface area contributed by atoms with Crippen LogP contribution in [-0.2, 0) is 0 Å². The molecule has 0 amide bonds. The zero-order valence-corrected chi connectivity index (χ0v) is 11.4. The van der Waals surface area contributed by atoms with Crippen LogP contribution in [0.5, 0.6) is 0 Å². The molecule has 0 saturated carbocycles. The summed E-state index contributed by atoms with van der Waals surface area (Å²) in [6.45, 7) is 6.82. The molecule has 1 aromatic rings. The van der Waals surface area contributed by atoms with E-state index in [1.165, 1.54) is 0 Å². The van der Waals surface area contributed by atoms with E-state index in [1.807, 2.05) is 25.1 Å². The maximum absolute atomic E-state index is 9.80. The molecule has 1 rings (SSSR count). The SMILES string of the molecule is CC(C)CC(O)CNC(C)c1cccc(C#N)c1. The molecule has 3 heteroatoms. The molecule has 0 saturated heterocycles. The molecule has 0 aromatic heterocycles. The summed E-state index contributed by atoms with van der Waals surface area (Å²) in [6.07, 6.45) is 0.490. The highest BCUT2D eigenvalue weighted by Crippen LogP contribution is 2.14. The van der Waals surface area contributed by atoms with Crippen molar-refractivity contribution >= 4 is 0 Å². The first-order chi connectivity index (χ1) is 8.52. The monoisotopic (exact) mass is 246 g/mol. The molecule has 0 spiro atoms. The standard InChI is InChI=1S/C15H22N2O/c1-11(2)7-15(18)10-17-12(3)14-6-4-5-13(8-14)9-16/h4-6,8,11-12,15,17-18H,7,10H2,1-3H3. The first kappa shape index (κ1) is 14.7. The summed E-state index contributed by atoms with van der Waals surface area (Å²) in [4.78, 5) is 0. The number of nitrogens with zero attached hydrogens (tertiary/aromatic N) is 1. The van der Waals surface area contributed by atoms with Gasteiger partial charge in [0, 0.05) is 12.6 Å². The maximum Gasteiger partial charge on any atom is 0.0991 e. The normalized spacial score (nSPS) is 14.2. The Morgan fingerprint density at radius 1 is 1.33 bits per heavy atom. The van der Waals surface area contributed by atoms with Gasteiger partial charge < -0.3 is 10.4 Å². The van der Waals surface area contributed by atoms with Crippen LogP contribution in [0.2, 0.25) is 0 Å². The second-order valence-corrected chi connectivity index (χ2v) is 5.15. The van der Waals surface area contributed by atoms with Gasteiger partial charge in [-0.1, -0.05) is 26.0 Å². The summed E-state index contributed by atoms with van der Waals surface area (Å²) in [7, 11) is 0. The van der Waals surface area contributed by atoms with Gasteiger partial charge in [0.25, 0.3) is 0 Å². The molecule has 2 N–H and O–H groups in total. The number of benzene rings is 1. The smallest absolute Gasteiger partial charge is 0.0991 e. The predicted molar refractivity (Wildman–Crippen MR) is 73.0 cm³/mol. The minimum absolute atomic E-state index is 0.139. The van der Waals surface area contributed by atoms with E-state index >= 15 is 0 Å². The quantitative estimate of drug-likeness (QED) is 0.811. The van der Waals surface area contributed by atoms with Gasteiger partial charge in [0.15, 0.2) is 0 Å². The third kappa shape index (κ3) is 4.87. The fourth-order valence-corrected chi connectivity index (χ4v) is 1.94. The second kappa shape index (κ2) is 7.15. The molecule has 98 valence electrons. The Morgan fingerprint density at radius 3 is 2.67 bits per heavy atom. The van der Waals surface area contributed by atoms with Gasteiger partial charge in [0.2, 0.25) is 0 Å². The molecule has 18 heavy (non-hydrogen) atoms. The third-order valence-electron chi connectivity index (χ3n) is 2.92. The zero-order chi connectivity index (χ0) is 13.5. The minimum atomic E-state index is -0.313. The number of nitriles is 1. The Balaban J connectivity index is 2.50. The van der Waals surface area contributed by atoms with Crippen LogP contribution in [0.1, 0.15) is 44.4 Å². The van der Waals surface area contributed by atoms with Crippen LogP contribution in [0.3, 0.4) is 0 Å². The van der Waals surface area contributed by atoms with Crippen molar-refractivity contribution in [3.63, 3.8) is 0 Å². The van der Waals surface area contributed by atoms with E-state index in [0.29, 0.717) is 18.0 Å². The first-order valence-corrected chi connectivity index (χ1v) is 6.44. The summed E-state index contributed by atoms with van der Waals surface area (Å²) in [5.41, 5.74) is 1.75. The van der Waals surface area contributed by atoms with Gasteiger partial charge in [-0.3, -0.25) is 0 Å². The molecule has 0 aliphatic heterocycles. The van der Waals surface area contributed by atoms with Crippen molar-refractivity contribution in [3.05, 3.63) is 35.4 Å². The molecule has 0 aliphatic carbocycles. The first-order valence-electron chi connectivity index (χ1n) is 6.44. The number of aliphatic hydroxyl groups is 1. The molecular formula is C15H22N2O. The summed E-state index contributed by atoms with van der Waals surface area (Å²) in [5.74, 6) is 0.499. The highest BCUT2D eigenvalue weighted by Gasteiger charge is 2.10. The maximum atomic E-state index is 9.80. The Bertz CT molecular complexity index is 409. The molecule has 0 heterocycles. The van der Waals surface area contributed by atoms with Gasteiger partial charge >= 0.3 is 0 Å². The molecule has 3 nitrogen and oxygen atoms in total. The van der Waals surface area contributed by atoms with E-state index in [2.05, 4.69) is 25.2 Å². The predicted octanol–water partition coefficient (Wildman–Crippen LogP) is 2.62. The summed E-state index contributed by atoms with van der Waals surface area (Å²) < 4.78 is 0. The summed E-state index contributed by atoms with van der Waals surface area (Å²) in [5, 5.41) is 21.9. The minimum Gasteiger partial charge on any atom is -0.392 e. The number of aliphatic hydroxyl groups excluding tert-OH is 1. The molecule has 0 radical (unpaired) electrons. The lowest BCUT2D eigenvalue weighted by molar-refractivity contribution is 0.143. The van der Waals surface area contributed by atoms with E-state index in [-0.39, 0.29) is 12.1 Å². The van der Waals surface area contributed by atoms with Crippen molar-refractivity contribution < 1.29 is 5.11 Å². The van der Waals surface area contributed by atoms with Crippen LogP contribution in [-0.4, -0.2) is 17.8 Å². The van der Waals surface area contributed by atoms with E-state index < -0.39 is 0 Å². The fraction of sp³-hybridized carbons (Fsp3) is 0.533. The summed E-state index contributed by atoms with van der Waals surface area (Å²) >= 11 is 0. The Morgan fingerprint density at radius 2 is 2.06 bits per heavy atom. The lowest BCUT2D eigenvalue weighted by Crippen LogP contribution is -2.30. The molecule has 2 unspecified atom stereocenters. The van der Waals surface area contributed by atoms with Crippen LogP contribution in [0.15, 0.2) is 24.3 Å². The second-order valence-electron chi connectivity index (χ2n) is 5.15. The number of hydrogen-bond acceptors (Lipinski definition) is 3. The topological polar surface area (TPSA) is 56.0 Å². The average molecular weight is 246 g/mol. The van der Waals surface area contributed by atoms with E-state index in [0.717, 1.165) is 12.0 Å². The number of nitrogens with one attached hydrogen (secondary N) is 1. The van der Waals surface area contributed by atoms with Gasteiger partial charge in [-0.25, -0.2) is 0 Å². The van der Waals surface area contributed by atoms with Crippen LogP contribution >= 0.6 is 0 Å². The van der Waals surface area contributed by atoms with Gasteiger partial charge in [-0.05, 0) is 37.0 Å². The molecule has 1 aromatic carbocycles. The van der Waals surface area contributed by atoms with Crippen LogP contribution in [0.4, 0.5) is 0 Å². The highest BCUT2D eigenvalue weighted by molar-refractivity contribution is 5.33. The van der Waals surface area contributed by atoms with Gasteiger partial charge in [-0.15, -0.1) is 0 Å². The van der Waals surface area contributed by atoms with Crippen LogP contribution < -0.4 is 5.32 Å². The largest absolute Gasteiger partial charge is 0.392 e. The third-order valence-corrected chi connectivity index (χ3v) is 2.92. The van der Waals surface area contributed by atoms with Gasteiger partial charge in [0.1, 0.15) is 0 Å². The molecule has 0 fully saturated rings. The Kier molecular flexibility index (Phi) is 5.84. The molecular weight excluding hydrogens is 224 g/mol. The summed E-state index contributed by atoms with van der Waals surface area (Å²) in [6, 6.07) is 9.83. The van der Waals surface area contributed by atoms with Crippen molar-refractivity contribution in [2.75, 3.05) is 6.54 Å². The van der Waals surface area contributed by atoms with Gasteiger partial charge in [-0.2, -0.15) is 5.26 Å². The van der Waals surface area contributed by atoms with Crippen molar-refractivity contribution in [3.8, 4) is 6.07 Å². The lowest BCUT2D eigenvalue weighted by atomic mass is 10.0. The van der Waals surface area contributed by atoms with Crippen molar-refractivity contribution in [1.82, 2.24) is 5.32 Å². The molecule has 2 atom stereocenters. The number of rotatable bonds is 6. The van der Waals surface area contributed by atoms with E-state index in [4.69, 9.17) is 5.26 Å². The van der Waals surface area contributed by atoms with Crippen molar-refractivity contribution in [2.45, 2.75) is 39.3 Å². The number of hydrogen-bond donors (Lipinski definition) is 2. The Labute approximate surface area is 109 Å². The zero-order valence-electron chi connectivity index (χ0n) is 11.4. The molecule has 0 aliphatic rings. The van der Waals surface area contributed by atoms with Gasteiger partial charge in [0.05, 0.1) is 17.7 Å². The van der Waals surface area contributed by atoms with E-state index in [1.54, 1.807) is 6.07 Å². The van der Waals surface area contributed by atoms with Crippen molar-refractivity contribution in [1.29, 1.82) is 5.26 Å². The van der Waals surface area contributed by atoms with Crippen LogP contribution in [0, 0.1) is 17.2 Å².